The molecule has 2 nitrogen and oxygen atoms in total. The molecule has 0 amide bonds. The highest BCUT2D eigenvalue weighted by atomic mass is 79.9. The molecule has 0 aliphatic carbocycles. The zero-order valence-corrected chi connectivity index (χ0v) is 7.05. The Balaban J connectivity index is 2.34. The molecule has 4 heteroatoms. The van der Waals surface area contributed by atoms with Gasteiger partial charge in [-0.3, -0.25) is 0 Å². The summed E-state index contributed by atoms with van der Waals surface area (Å²) in [6, 6.07) is 6.84. The fourth-order valence-electron chi connectivity index (χ4n) is 0.821. The molecule has 0 radical (unpaired) electrons. The number of nitrogens with zero attached hydrogens (tertiary/aromatic N) is 2. The van der Waals surface area contributed by atoms with Crippen LogP contribution in [0.15, 0.2) is 39.0 Å². The Hall–Kier alpha value is -0.770. The molecule has 56 valence electrons. The van der Waals surface area contributed by atoms with E-state index in [1.807, 2.05) is 0 Å². The average Bonchev–Trinajstić information content (AvgIpc) is 2.70. The second-order valence-electron chi connectivity index (χ2n) is 2.29. The van der Waals surface area contributed by atoms with Crippen molar-refractivity contribution in [2.45, 2.75) is 5.92 Å². The van der Waals surface area contributed by atoms with E-state index in [-0.39, 0.29) is 0 Å². The minimum Gasteiger partial charge on any atom is -0.182 e. The Bertz CT molecular complexity index is 301. The molecule has 0 saturated carbocycles. The van der Waals surface area contributed by atoms with E-state index in [4.69, 9.17) is 0 Å². The molecule has 1 aliphatic rings. The Kier molecular flexibility index (Phi) is 1.32. The lowest BCUT2D eigenvalue weighted by atomic mass is 10.2. The third-order valence-corrected chi connectivity index (χ3v) is 2.02. The van der Waals surface area contributed by atoms with Gasteiger partial charge in [0.15, 0.2) is 0 Å². The van der Waals surface area contributed by atoms with Crippen LogP contribution in [0.4, 0.5) is 4.39 Å². The van der Waals surface area contributed by atoms with E-state index in [1.54, 1.807) is 24.3 Å². The topological polar surface area (TPSA) is 24.7 Å². The molecule has 0 aromatic heterocycles. The van der Waals surface area contributed by atoms with Crippen LogP contribution in [0.1, 0.15) is 5.56 Å². The van der Waals surface area contributed by atoms with Crippen molar-refractivity contribution in [2.24, 2.45) is 10.2 Å². The van der Waals surface area contributed by atoms with E-state index in [0.717, 1.165) is 4.47 Å². The van der Waals surface area contributed by atoms with Crippen molar-refractivity contribution in [3.63, 3.8) is 0 Å². The normalized spacial score (nSPS) is 18.4. The summed E-state index contributed by atoms with van der Waals surface area (Å²) in [6.45, 7) is 0. The zero-order chi connectivity index (χ0) is 7.90. The monoisotopic (exact) mass is 214 g/mol. The maximum absolute atomic E-state index is 13.0. The molecule has 0 bridgehead atoms. The van der Waals surface area contributed by atoms with Crippen LogP contribution in [-0.4, -0.2) is 0 Å². The van der Waals surface area contributed by atoms with Crippen molar-refractivity contribution in [1.29, 1.82) is 0 Å². The van der Waals surface area contributed by atoms with Gasteiger partial charge in [-0.2, -0.15) is 4.39 Å². The van der Waals surface area contributed by atoms with Gasteiger partial charge in [0, 0.05) is 10.0 Å². The van der Waals surface area contributed by atoms with E-state index < -0.39 is 5.92 Å². The van der Waals surface area contributed by atoms with Crippen LogP contribution in [0.2, 0.25) is 0 Å². The van der Waals surface area contributed by atoms with E-state index in [2.05, 4.69) is 26.2 Å². The highest BCUT2D eigenvalue weighted by Gasteiger charge is 2.42. The Morgan fingerprint density at radius 2 is 1.73 bits per heavy atom. The summed E-state index contributed by atoms with van der Waals surface area (Å²) in [4.78, 5) is 0. The van der Waals surface area contributed by atoms with E-state index >= 15 is 0 Å². The smallest absolute Gasteiger partial charge is 0.182 e. The van der Waals surface area contributed by atoms with Gasteiger partial charge in [0.2, 0.25) is 0 Å². The minimum atomic E-state index is -1.74. The Morgan fingerprint density at radius 3 is 2.18 bits per heavy atom. The van der Waals surface area contributed by atoms with Crippen molar-refractivity contribution in [1.82, 2.24) is 0 Å². The van der Waals surface area contributed by atoms with Gasteiger partial charge in [-0.25, -0.2) is 0 Å². The minimum absolute atomic E-state index is 0.487. The van der Waals surface area contributed by atoms with Crippen LogP contribution >= 0.6 is 15.9 Å². The molecule has 1 aliphatic heterocycles. The lowest BCUT2D eigenvalue weighted by molar-refractivity contribution is 0.290. The van der Waals surface area contributed by atoms with Gasteiger partial charge in [0.25, 0.3) is 0 Å². The highest BCUT2D eigenvalue weighted by molar-refractivity contribution is 9.10. The van der Waals surface area contributed by atoms with Crippen LogP contribution in [0.25, 0.3) is 0 Å². The van der Waals surface area contributed by atoms with Gasteiger partial charge in [0.05, 0.1) is 0 Å². The van der Waals surface area contributed by atoms with Crippen LogP contribution in [0.5, 0.6) is 0 Å². The second kappa shape index (κ2) is 2.11. The number of hydrogen-bond donors (Lipinski definition) is 0. The van der Waals surface area contributed by atoms with Gasteiger partial charge in [-0.05, 0) is 12.1 Å². The number of rotatable bonds is 1. The average molecular weight is 215 g/mol. The van der Waals surface area contributed by atoms with Gasteiger partial charge in [0.1, 0.15) is 0 Å². The first-order valence-electron chi connectivity index (χ1n) is 3.10. The summed E-state index contributed by atoms with van der Waals surface area (Å²) in [5, 5.41) is 6.55. The molecule has 1 aromatic carbocycles. The first kappa shape index (κ1) is 6.91. The lowest BCUT2D eigenvalue weighted by Crippen LogP contribution is -1.97. The molecular formula is C7H4BrFN2. The van der Waals surface area contributed by atoms with Crippen LogP contribution in [0, 0.1) is 0 Å². The Labute approximate surface area is 71.3 Å². The highest BCUT2D eigenvalue weighted by Crippen LogP contribution is 2.40. The summed E-state index contributed by atoms with van der Waals surface area (Å²) < 4.78 is 13.9. The number of alkyl halides is 1. The third kappa shape index (κ3) is 1.18. The van der Waals surface area contributed by atoms with Gasteiger partial charge in [-0.15, -0.1) is 10.2 Å². The molecule has 11 heavy (non-hydrogen) atoms. The number of benzene rings is 1. The van der Waals surface area contributed by atoms with E-state index in [0.29, 0.717) is 5.56 Å². The largest absolute Gasteiger partial charge is 0.354 e. The molecular weight excluding hydrogens is 211 g/mol. The summed E-state index contributed by atoms with van der Waals surface area (Å²) in [5.74, 6) is -1.74. The molecule has 0 unspecified atom stereocenters. The lowest BCUT2D eigenvalue weighted by Gasteiger charge is -1.98. The second-order valence-corrected chi connectivity index (χ2v) is 3.21. The van der Waals surface area contributed by atoms with Crippen molar-refractivity contribution < 1.29 is 4.39 Å². The van der Waals surface area contributed by atoms with Crippen molar-refractivity contribution in [2.75, 3.05) is 0 Å². The van der Waals surface area contributed by atoms with Crippen LogP contribution < -0.4 is 0 Å². The summed E-state index contributed by atoms with van der Waals surface area (Å²) in [6.07, 6.45) is 0. The number of hydrogen-bond acceptors (Lipinski definition) is 2. The van der Waals surface area contributed by atoms with Gasteiger partial charge >= 0.3 is 5.92 Å². The summed E-state index contributed by atoms with van der Waals surface area (Å²) >= 11 is 3.25. The van der Waals surface area contributed by atoms with Crippen LogP contribution in [-0.2, 0) is 5.92 Å². The third-order valence-electron chi connectivity index (χ3n) is 1.49. The number of halogens is 2. The molecule has 0 saturated heterocycles. The summed E-state index contributed by atoms with van der Waals surface area (Å²) in [5.41, 5.74) is 0.487. The van der Waals surface area contributed by atoms with Gasteiger partial charge < -0.3 is 0 Å². The first-order valence-corrected chi connectivity index (χ1v) is 3.89. The van der Waals surface area contributed by atoms with E-state index in [9.17, 15) is 4.39 Å². The van der Waals surface area contributed by atoms with Gasteiger partial charge in [-0.1, -0.05) is 28.1 Å². The molecule has 0 atom stereocenters. The molecule has 0 spiro atoms. The predicted molar refractivity (Wildman–Crippen MR) is 41.8 cm³/mol. The maximum atomic E-state index is 13.0. The Morgan fingerprint density at radius 1 is 1.18 bits per heavy atom. The molecule has 0 fully saturated rings. The van der Waals surface area contributed by atoms with E-state index in [1.165, 1.54) is 0 Å². The quantitative estimate of drug-likeness (QED) is 0.643. The van der Waals surface area contributed by atoms with Crippen LogP contribution in [0.3, 0.4) is 0 Å². The fraction of sp³-hybridized carbons (Fsp3) is 0.143. The molecule has 1 aromatic rings. The maximum Gasteiger partial charge on any atom is 0.354 e. The summed E-state index contributed by atoms with van der Waals surface area (Å²) in [7, 11) is 0. The molecule has 1 heterocycles. The molecule has 0 N–H and O–H groups in total. The standard InChI is InChI=1S/C7H4BrFN2/c8-6-3-1-5(2-4-6)7(9)10-11-7/h1-4H. The van der Waals surface area contributed by atoms with Crippen molar-refractivity contribution >= 4 is 15.9 Å². The SMILES string of the molecule is FC1(c2ccc(Br)cc2)N=N1. The predicted octanol–water partition coefficient (Wildman–Crippen LogP) is 2.99. The first-order chi connectivity index (χ1) is 5.21. The zero-order valence-electron chi connectivity index (χ0n) is 5.46. The molecule has 2 rings (SSSR count). The van der Waals surface area contributed by atoms with Crippen molar-refractivity contribution in [3.05, 3.63) is 34.3 Å². The van der Waals surface area contributed by atoms with Crippen molar-refractivity contribution in [3.8, 4) is 0 Å². The fourth-order valence-corrected chi connectivity index (χ4v) is 1.09.